The van der Waals surface area contributed by atoms with Crippen LogP contribution in [0.2, 0.25) is 0 Å². The molecule has 0 spiro atoms. The van der Waals surface area contributed by atoms with E-state index in [1.165, 1.54) is 11.8 Å². The first kappa shape index (κ1) is 20.4. The summed E-state index contributed by atoms with van der Waals surface area (Å²) in [5, 5.41) is 2.87. The molecule has 24 heavy (non-hydrogen) atoms. The van der Waals surface area contributed by atoms with Gasteiger partial charge in [-0.1, -0.05) is 30.3 Å². The Morgan fingerprint density at radius 3 is 2.46 bits per heavy atom. The van der Waals surface area contributed by atoms with Gasteiger partial charge in [0.15, 0.2) is 0 Å². The highest BCUT2D eigenvalue weighted by atomic mass is 35.5. The number of hydrogen-bond acceptors (Lipinski definition) is 4. The first-order valence-electron chi connectivity index (χ1n) is 7.62. The quantitative estimate of drug-likeness (QED) is 0.702. The molecule has 1 unspecified atom stereocenters. The van der Waals surface area contributed by atoms with E-state index in [0.717, 1.165) is 16.2 Å². The van der Waals surface area contributed by atoms with Crippen molar-refractivity contribution in [3.05, 3.63) is 60.2 Å². The molecule has 130 valence electrons. The van der Waals surface area contributed by atoms with E-state index in [-0.39, 0.29) is 24.4 Å². The average molecular weight is 367 g/mol. The standard InChI is InChI=1S/C18H22N2O2S.ClH/c1-2-22-15-8-10-16(11-9-15)23-13-18(21)20-12-17(19)14-6-4-3-5-7-14;/h3-11,17H,2,12-13,19H2,1H3,(H,20,21);1H. The van der Waals surface area contributed by atoms with Crippen LogP contribution in [0.25, 0.3) is 0 Å². The lowest BCUT2D eigenvalue weighted by atomic mass is 10.1. The zero-order valence-electron chi connectivity index (χ0n) is 13.6. The summed E-state index contributed by atoms with van der Waals surface area (Å²) in [5.74, 6) is 1.19. The molecule has 0 fully saturated rings. The molecular formula is C18H23ClN2O2S. The number of amides is 1. The Morgan fingerprint density at radius 1 is 1.17 bits per heavy atom. The van der Waals surface area contributed by atoms with Gasteiger partial charge >= 0.3 is 0 Å². The van der Waals surface area contributed by atoms with Crippen LogP contribution in [0, 0.1) is 0 Å². The van der Waals surface area contributed by atoms with E-state index < -0.39 is 0 Å². The number of ether oxygens (including phenoxy) is 1. The number of carbonyl (C=O) groups excluding carboxylic acids is 1. The van der Waals surface area contributed by atoms with Crippen LogP contribution in [0.15, 0.2) is 59.5 Å². The lowest BCUT2D eigenvalue weighted by Gasteiger charge is -2.13. The third kappa shape index (κ3) is 6.83. The normalized spacial score (nSPS) is 11.2. The number of nitrogens with two attached hydrogens (primary N) is 1. The van der Waals surface area contributed by atoms with Crippen molar-refractivity contribution in [2.75, 3.05) is 18.9 Å². The second-order valence-electron chi connectivity index (χ2n) is 5.01. The molecule has 0 bridgehead atoms. The summed E-state index contributed by atoms with van der Waals surface area (Å²) in [7, 11) is 0. The van der Waals surface area contributed by atoms with Crippen LogP contribution in [0.4, 0.5) is 0 Å². The highest BCUT2D eigenvalue weighted by molar-refractivity contribution is 8.00. The molecule has 0 aliphatic heterocycles. The van der Waals surface area contributed by atoms with Gasteiger partial charge in [-0.2, -0.15) is 0 Å². The minimum absolute atomic E-state index is 0. The summed E-state index contributed by atoms with van der Waals surface area (Å²) in [6.07, 6.45) is 0. The first-order valence-corrected chi connectivity index (χ1v) is 8.60. The number of carbonyl (C=O) groups is 1. The number of nitrogens with one attached hydrogen (secondary N) is 1. The fourth-order valence-electron chi connectivity index (χ4n) is 2.04. The Kier molecular flexibility index (Phi) is 9.30. The van der Waals surface area contributed by atoms with Crippen molar-refractivity contribution in [1.82, 2.24) is 5.32 Å². The zero-order chi connectivity index (χ0) is 16.5. The summed E-state index contributed by atoms with van der Waals surface area (Å²) < 4.78 is 5.39. The average Bonchev–Trinajstić information content (AvgIpc) is 2.60. The van der Waals surface area contributed by atoms with Crippen LogP contribution < -0.4 is 15.8 Å². The zero-order valence-corrected chi connectivity index (χ0v) is 15.2. The van der Waals surface area contributed by atoms with Crippen LogP contribution >= 0.6 is 24.2 Å². The summed E-state index contributed by atoms with van der Waals surface area (Å²) in [6.45, 7) is 3.04. The molecule has 2 aromatic carbocycles. The predicted molar refractivity (Wildman–Crippen MR) is 102 cm³/mol. The molecule has 6 heteroatoms. The predicted octanol–water partition coefficient (Wildman–Crippen LogP) is 3.42. The van der Waals surface area contributed by atoms with E-state index in [1.54, 1.807) is 0 Å². The van der Waals surface area contributed by atoms with Crippen LogP contribution in [0.5, 0.6) is 5.75 Å². The molecule has 2 rings (SSSR count). The number of rotatable bonds is 8. The second kappa shape index (κ2) is 11.0. The molecular weight excluding hydrogens is 344 g/mol. The highest BCUT2D eigenvalue weighted by Crippen LogP contribution is 2.21. The number of hydrogen-bond donors (Lipinski definition) is 2. The van der Waals surface area contributed by atoms with Crippen molar-refractivity contribution in [1.29, 1.82) is 0 Å². The highest BCUT2D eigenvalue weighted by Gasteiger charge is 2.08. The number of benzene rings is 2. The Bertz CT molecular complexity index is 608. The van der Waals surface area contributed by atoms with Crippen molar-refractivity contribution in [2.24, 2.45) is 5.73 Å². The van der Waals surface area contributed by atoms with Gasteiger partial charge in [0.2, 0.25) is 5.91 Å². The molecule has 2 aromatic rings. The lowest BCUT2D eigenvalue weighted by Crippen LogP contribution is -2.32. The number of thioether (sulfide) groups is 1. The number of halogens is 1. The SMILES string of the molecule is CCOc1ccc(SCC(=O)NCC(N)c2ccccc2)cc1.Cl. The lowest BCUT2D eigenvalue weighted by molar-refractivity contribution is -0.118. The fourth-order valence-corrected chi connectivity index (χ4v) is 2.77. The topological polar surface area (TPSA) is 64.3 Å². The minimum atomic E-state index is -0.185. The van der Waals surface area contributed by atoms with Crippen LogP contribution in [0.3, 0.4) is 0 Å². The van der Waals surface area contributed by atoms with Crippen molar-refractivity contribution in [3.63, 3.8) is 0 Å². The molecule has 0 heterocycles. The molecule has 0 saturated heterocycles. The van der Waals surface area contributed by atoms with Gasteiger partial charge in [-0.25, -0.2) is 0 Å². The summed E-state index contributed by atoms with van der Waals surface area (Å²) >= 11 is 1.49. The molecule has 0 aliphatic carbocycles. The molecule has 3 N–H and O–H groups in total. The Balaban J connectivity index is 0.00000288. The van der Waals surface area contributed by atoms with Gasteiger partial charge in [-0.3, -0.25) is 4.79 Å². The minimum Gasteiger partial charge on any atom is -0.494 e. The van der Waals surface area contributed by atoms with Crippen molar-refractivity contribution in [2.45, 2.75) is 17.9 Å². The van der Waals surface area contributed by atoms with Gasteiger partial charge < -0.3 is 15.8 Å². The van der Waals surface area contributed by atoms with E-state index in [0.29, 0.717) is 18.9 Å². The van der Waals surface area contributed by atoms with E-state index >= 15 is 0 Å². The maximum atomic E-state index is 11.9. The van der Waals surface area contributed by atoms with Gasteiger partial charge in [-0.15, -0.1) is 24.2 Å². The van der Waals surface area contributed by atoms with Crippen molar-refractivity contribution in [3.8, 4) is 5.75 Å². The molecule has 0 aliphatic rings. The van der Waals surface area contributed by atoms with Gasteiger partial charge in [0.25, 0.3) is 0 Å². The molecule has 1 amide bonds. The third-order valence-corrected chi connectivity index (χ3v) is 4.26. The van der Waals surface area contributed by atoms with E-state index in [2.05, 4.69) is 5.32 Å². The fraction of sp³-hybridized carbons (Fsp3) is 0.278. The Labute approximate surface area is 153 Å². The maximum Gasteiger partial charge on any atom is 0.230 e. The molecule has 0 aromatic heterocycles. The van der Waals surface area contributed by atoms with Gasteiger partial charge in [-0.05, 0) is 36.8 Å². The van der Waals surface area contributed by atoms with Gasteiger partial charge in [0, 0.05) is 17.5 Å². The van der Waals surface area contributed by atoms with Crippen LogP contribution in [-0.4, -0.2) is 24.8 Å². The molecule has 1 atom stereocenters. The smallest absolute Gasteiger partial charge is 0.230 e. The Hall–Kier alpha value is -1.69. The monoisotopic (exact) mass is 366 g/mol. The summed E-state index contributed by atoms with van der Waals surface area (Å²) in [4.78, 5) is 12.9. The van der Waals surface area contributed by atoms with E-state index in [1.807, 2.05) is 61.5 Å². The largest absolute Gasteiger partial charge is 0.494 e. The molecule has 0 saturated carbocycles. The van der Waals surface area contributed by atoms with Crippen LogP contribution in [0.1, 0.15) is 18.5 Å². The first-order chi connectivity index (χ1) is 11.2. The van der Waals surface area contributed by atoms with E-state index in [9.17, 15) is 4.79 Å². The summed E-state index contributed by atoms with van der Waals surface area (Å²) in [6, 6.07) is 17.3. The molecule has 4 nitrogen and oxygen atoms in total. The molecule has 0 radical (unpaired) electrons. The maximum absolute atomic E-state index is 11.9. The van der Waals surface area contributed by atoms with Crippen molar-refractivity contribution >= 4 is 30.1 Å². The third-order valence-electron chi connectivity index (χ3n) is 3.25. The second-order valence-corrected chi connectivity index (χ2v) is 6.06. The van der Waals surface area contributed by atoms with Crippen LogP contribution in [-0.2, 0) is 4.79 Å². The van der Waals surface area contributed by atoms with Crippen molar-refractivity contribution < 1.29 is 9.53 Å². The van der Waals surface area contributed by atoms with Gasteiger partial charge in [0.1, 0.15) is 5.75 Å². The summed E-state index contributed by atoms with van der Waals surface area (Å²) in [5.41, 5.74) is 7.08. The van der Waals surface area contributed by atoms with E-state index in [4.69, 9.17) is 10.5 Å². The van der Waals surface area contributed by atoms with Gasteiger partial charge in [0.05, 0.1) is 12.4 Å². The Morgan fingerprint density at radius 2 is 1.83 bits per heavy atom.